The van der Waals surface area contributed by atoms with Gasteiger partial charge >= 0.3 is 0 Å². The van der Waals surface area contributed by atoms with E-state index in [9.17, 15) is 0 Å². The molecule has 0 amide bonds. The molecule has 0 aliphatic heterocycles. The monoisotopic (exact) mass is 235 g/mol. The molecule has 0 N–H and O–H groups in total. The fourth-order valence-electron chi connectivity index (χ4n) is 2.21. The van der Waals surface area contributed by atoms with Gasteiger partial charge in [-0.3, -0.25) is 4.98 Å². The summed E-state index contributed by atoms with van der Waals surface area (Å²) in [5.41, 5.74) is 2.07. The van der Waals surface area contributed by atoms with Crippen LogP contribution in [-0.4, -0.2) is 12.1 Å². The van der Waals surface area contributed by atoms with E-state index in [2.05, 4.69) is 23.2 Å². The summed E-state index contributed by atoms with van der Waals surface area (Å²) >= 11 is 0. The maximum absolute atomic E-state index is 5.46. The molecule has 0 unspecified atom stereocenters. The molecule has 0 fully saturated rings. The van der Waals surface area contributed by atoms with Crippen molar-refractivity contribution < 1.29 is 4.74 Å². The second kappa shape index (κ2) is 4.49. The van der Waals surface area contributed by atoms with Gasteiger partial charge in [-0.15, -0.1) is 0 Å². The van der Waals surface area contributed by atoms with Gasteiger partial charge in [0.25, 0.3) is 0 Å². The predicted molar refractivity (Wildman–Crippen MR) is 73.7 cm³/mol. The van der Waals surface area contributed by atoms with Crippen LogP contribution in [0.15, 0.2) is 60.8 Å². The molecule has 0 saturated heterocycles. The summed E-state index contributed by atoms with van der Waals surface area (Å²) in [4.78, 5) is 4.42. The molecule has 3 aromatic rings. The minimum Gasteiger partial charge on any atom is -0.496 e. The number of aromatic nitrogens is 1. The minimum absolute atomic E-state index is 0.883. The first-order valence-corrected chi connectivity index (χ1v) is 5.87. The zero-order valence-electron chi connectivity index (χ0n) is 10.1. The fourth-order valence-corrected chi connectivity index (χ4v) is 2.21. The normalized spacial score (nSPS) is 10.5. The third kappa shape index (κ3) is 1.72. The first-order valence-electron chi connectivity index (χ1n) is 5.87. The van der Waals surface area contributed by atoms with Gasteiger partial charge in [-0.05, 0) is 23.6 Å². The van der Waals surface area contributed by atoms with Crippen molar-refractivity contribution in [2.24, 2.45) is 0 Å². The summed E-state index contributed by atoms with van der Waals surface area (Å²) < 4.78 is 5.46. The van der Waals surface area contributed by atoms with Crippen molar-refractivity contribution in [1.82, 2.24) is 4.98 Å². The van der Waals surface area contributed by atoms with Crippen molar-refractivity contribution in [2.75, 3.05) is 7.11 Å². The molecule has 0 atom stereocenters. The first kappa shape index (κ1) is 10.8. The number of rotatable bonds is 2. The standard InChI is InChI=1S/C16H13NO/c1-18-15-10-5-7-12-6-4-8-13(16(12)15)14-9-2-3-11-17-14/h2-11H,1H3. The van der Waals surface area contributed by atoms with Crippen molar-refractivity contribution in [3.63, 3.8) is 0 Å². The van der Waals surface area contributed by atoms with Gasteiger partial charge in [-0.25, -0.2) is 0 Å². The van der Waals surface area contributed by atoms with E-state index in [1.165, 1.54) is 0 Å². The average molecular weight is 235 g/mol. The topological polar surface area (TPSA) is 22.1 Å². The Bertz CT molecular complexity index is 672. The van der Waals surface area contributed by atoms with Gasteiger partial charge in [0.05, 0.1) is 12.8 Å². The molecule has 0 saturated carbocycles. The zero-order valence-corrected chi connectivity index (χ0v) is 10.1. The Kier molecular flexibility index (Phi) is 2.69. The summed E-state index contributed by atoms with van der Waals surface area (Å²) in [6, 6.07) is 18.2. The van der Waals surface area contributed by atoms with Crippen molar-refractivity contribution in [3.8, 4) is 17.0 Å². The lowest BCUT2D eigenvalue weighted by Gasteiger charge is -2.10. The average Bonchev–Trinajstić information content (AvgIpc) is 2.47. The first-order chi connectivity index (χ1) is 8.90. The highest BCUT2D eigenvalue weighted by molar-refractivity contribution is 6.00. The van der Waals surface area contributed by atoms with Crippen LogP contribution in [0.2, 0.25) is 0 Å². The minimum atomic E-state index is 0.883. The predicted octanol–water partition coefficient (Wildman–Crippen LogP) is 3.91. The number of nitrogens with zero attached hydrogens (tertiary/aromatic N) is 1. The zero-order chi connectivity index (χ0) is 12.4. The number of hydrogen-bond donors (Lipinski definition) is 0. The number of hydrogen-bond acceptors (Lipinski definition) is 2. The van der Waals surface area contributed by atoms with Gasteiger partial charge in [0.2, 0.25) is 0 Å². The van der Waals surface area contributed by atoms with Crippen LogP contribution in [-0.2, 0) is 0 Å². The van der Waals surface area contributed by atoms with E-state index in [4.69, 9.17) is 4.74 Å². The summed E-state index contributed by atoms with van der Waals surface area (Å²) in [5.74, 6) is 0.883. The third-order valence-corrected chi connectivity index (χ3v) is 3.03. The van der Waals surface area contributed by atoms with Crippen LogP contribution in [0.25, 0.3) is 22.0 Å². The Hall–Kier alpha value is -2.35. The van der Waals surface area contributed by atoms with Crippen LogP contribution >= 0.6 is 0 Å². The fraction of sp³-hybridized carbons (Fsp3) is 0.0625. The van der Waals surface area contributed by atoms with Gasteiger partial charge in [-0.1, -0.05) is 36.4 Å². The van der Waals surface area contributed by atoms with E-state index in [0.717, 1.165) is 27.8 Å². The lowest BCUT2D eigenvalue weighted by molar-refractivity contribution is 0.420. The molecule has 0 aliphatic carbocycles. The van der Waals surface area contributed by atoms with Crippen LogP contribution in [0.3, 0.4) is 0 Å². The van der Waals surface area contributed by atoms with E-state index in [1.807, 2.05) is 42.6 Å². The Morgan fingerprint density at radius 3 is 2.44 bits per heavy atom. The number of ether oxygens (including phenoxy) is 1. The van der Waals surface area contributed by atoms with E-state index in [0.29, 0.717) is 0 Å². The van der Waals surface area contributed by atoms with E-state index >= 15 is 0 Å². The highest BCUT2D eigenvalue weighted by Crippen LogP contribution is 2.34. The number of benzene rings is 2. The molecule has 0 aliphatic rings. The molecular weight excluding hydrogens is 222 g/mol. The third-order valence-electron chi connectivity index (χ3n) is 3.03. The molecule has 3 rings (SSSR count). The number of pyridine rings is 1. The number of methoxy groups -OCH3 is 1. The highest BCUT2D eigenvalue weighted by atomic mass is 16.5. The van der Waals surface area contributed by atoms with Crippen molar-refractivity contribution in [3.05, 3.63) is 60.8 Å². The highest BCUT2D eigenvalue weighted by Gasteiger charge is 2.08. The van der Waals surface area contributed by atoms with Crippen LogP contribution in [0.1, 0.15) is 0 Å². The molecule has 2 aromatic carbocycles. The lowest BCUT2D eigenvalue weighted by atomic mass is 10.0. The molecule has 1 heterocycles. The van der Waals surface area contributed by atoms with E-state index in [1.54, 1.807) is 7.11 Å². The van der Waals surface area contributed by atoms with Gasteiger partial charge in [0, 0.05) is 17.1 Å². The Morgan fingerprint density at radius 2 is 1.72 bits per heavy atom. The Morgan fingerprint density at radius 1 is 0.889 bits per heavy atom. The van der Waals surface area contributed by atoms with Gasteiger partial charge in [-0.2, -0.15) is 0 Å². The van der Waals surface area contributed by atoms with Crippen molar-refractivity contribution in [2.45, 2.75) is 0 Å². The summed E-state index contributed by atoms with van der Waals surface area (Å²) in [5, 5.41) is 2.28. The maximum Gasteiger partial charge on any atom is 0.127 e. The SMILES string of the molecule is COc1cccc2cccc(-c3ccccn3)c12. The van der Waals surface area contributed by atoms with Crippen LogP contribution in [0, 0.1) is 0 Å². The van der Waals surface area contributed by atoms with Gasteiger partial charge in [0.15, 0.2) is 0 Å². The molecule has 88 valence electrons. The maximum atomic E-state index is 5.46. The molecule has 1 aromatic heterocycles. The molecule has 0 spiro atoms. The van der Waals surface area contributed by atoms with Crippen LogP contribution < -0.4 is 4.74 Å². The van der Waals surface area contributed by atoms with Crippen molar-refractivity contribution >= 4 is 10.8 Å². The summed E-state index contributed by atoms with van der Waals surface area (Å²) in [6.45, 7) is 0. The summed E-state index contributed by atoms with van der Waals surface area (Å²) in [6.07, 6.45) is 1.81. The second-order valence-electron chi connectivity index (χ2n) is 4.08. The molecule has 0 bridgehead atoms. The Balaban J connectivity index is 2.36. The van der Waals surface area contributed by atoms with Crippen LogP contribution in [0.5, 0.6) is 5.75 Å². The summed E-state index contributed by atoms with van der Waals surface area (Å²) in [7, 11) is 1.70. The quantitative estimate of drug-likeness (QED) is 0.671. The van der Waals surface area contributed by atoms with Crippen LogP contribution in [0.4, 0.5) is 0 Å². The molecule has 0 radical (unpaired) electrons. The lowest BCUT2D eigenvalue weighted by Crippen LogP contribution is -1.89. The molecule has 2 heteroatoms. The number of fused-ring (bicyclic) bond motifs is 1. The Labute approximate surface area is 106 Å². The van der Waals surface area contributed by atoms with Gasteiger partial charge < -0.3 is 4.74 Å². The van der Waals surface area contributed by atoms with E-state index in [-0.39, 0.29) is 0 Å². The van der Waals surface area contributed by atoms with E-state index < -0.39 is 0 Å². The van der Waals surface area contributed by atoms with Crippen molar-refractivity contribution in [1.29, 1.82) is 0 Å². The molecular formula is C16H13NO. The largest absolute Gasteiger partial charge is 0.496 e. The molecule has 2 nitrogen and oxygen atoms in total. The molecule has 18 heavy (non-hydrogen) atoms. The van der Waals surface area contributed by atoms with Gasteiger partial charge in [0.1, 0.15) is 5.75 Å². The smallest absolute Gasteiger partial charge is 0.127 e. The second-order valence-corrected chi connectivity index (χ2v) is 4.08.